The summed E-state index contributed by atoms with van der Waals surface area (Å²) in [6, 6.07) is 11.1. The maximum absolute atomic E-state index is 8.99. The maximum atomic E-state index is 8.99. The van der Waals surface area contributed by atoms with Gasteiger partial charge in [-0.05, 0) is 29.8 Å². The summed E-state index contributed by atoms with van der Waals surface area (Å²) in [5.41, 5.74) is 1.53. The fourth-order valence-corrected chi connectivity index (χ4v) is 1.77. The molecule has 1 aromatic carbocycles. The van der Waals surface area contributed by atoms with Crippen LogP contribution in [0.3, 0.4) is 0 Å². The molecule has 0 atom stereocenters. The van der Waals surface area contributed by atoms with E-state index in [9.17, 15) is 0 Å². The van der Waals surface area contributed by atoms with E-state index in [1.54, 1.807) is 30.6 Å². The van der Waals surface area contributed by atoms with Gasteiger partial charge >= 0.3 is 0 Å². The Morgan fingerprint density at radius 1 is 1.22 bits per heavy atom. The quantitative estimate of drug-likeness (QED) is 0.846. The molecule has 0 N–H and O–H groups in total. The molecule has 1 aromatic heterocycles. The smallest absolute Gasteiger partial charge is 0.138 e. The molecule has 4 heteroatoms. The van der Waals surface area contributed by atoms with Crippen molar-refractivity contribution in [2.75, 3.05) is 6.61 Å². The summed E-state index contributed by atoms with van der Waals surface area (Å²) in [5, 5.41) is 9.41. The van der Waals surface area contributed by atoms with E-state index in [0.717, 1.165) is 12.0 Å². The highest BCUT2D eigenvalue weighted by Gasteiger charge is 2.07. The number of nitrogens with zero attached hydrogens (tertiary/aromatic N) is 2. The van der Waals surface area contributed by atoms with Gasteiger partial charge in [0.2, 0.25) is 0 Å². The molecule has 0 fully saturated rings. The van der Waals surface area contributed by atoms with Crippen molar-refractivity contribution in [1.29, 1.82) is 5.26 Å². The Kier molecular flexibility index (Phi) is 4.16. The Hall–Kier alpha value is -2.05. The minimum Gasteiger partial charge on any atom is -0.492 e. The fourth-order valence-electron chi connectivity index (χ4n) is 1.56. The molecule has 18 heavy (non-hydrogen) atoms. The summed E-state index contributed by atoms with van der Waals surface area (Å²) in [6.07, 6.45) is 4.25. The molecule has 0 aliphatic carbocycles. The standard InChI is InChI=1S/C14H11ClN2O/c15-13-2-1-3-14(12(13)10-16)18-9-6-11-4-7-17-8-5-11/h1-5,7-8H,6,9H2. The molecule has 0 saturated heterocycles. The normalized spacial score (nSPS) is 9.78. The highest BCUT2D eigenvalue weighted by Crippen LogP contribution is 2.25. The highest BCUT2D eigenvalue weighted by molar-refractivity contribution is 6.31. The lowest BCUT2D eigenvalue weighted by Crippen LogP contribution is -2.02. The summed E-state index contributed by atoms with van der Waals surface area (Å²) >= 11 is 5.91. The number of pyridine rings is 1. The first-order chi connectivity index (χ1) is 8.81. The van der Waals surface area contributed by atoms with Gasteiger partial charge in [-0.2, -0.15) is 5.26 Å². The van der Waals surface area contributed by atoms with E-state index >= 15 is 0 Å². The van der Waals surface area contributed by atoms with Crippen molar-refractivity contribution in [1.82, 2.24) is 4.98 Å². The Labute approximate surface area is 111 Å². The van der Waals surface area contributed by atoms with Crippen molar-refractivity contribution in [3.05, 3.63) is 58.9 Å². The van der Waals surface area contributed by atoms with E-state index in [0.29, 0.717) is 22.9 Å². The van der Waals surface area contributed by atoms with E-state index < -0.39 is 0 Å². The third-order valence-electron chi connectivity index (χ3n) is 2.48. The second-order valence-electron chi connectivity index (χ2n) is 3.68. The molecular weight excluding hydrogens is 248 g/mol. The third kappa shape index (κ3) is 2.99. The zero-order chi connectivity index (χ0) is 12.8. The van der Waals surface area contributed by atoms with Crippen LogP contribution in [0.1, 0.15) is 11.1 Å². The zero-order valence-electron chi connectivity index (χ0n) is 9.64. The average molecular weight is 259 g/mol. The first-order valence-corrected chi connectivity index (χ1v) is 5.89. The molecule has 2 aromatic rings. The average Bonchev–Trinajstić information content (AvgIpc) is 2.40. The van der Waals surface area contributed by atoms with Gasteiger partial charge in [0.05, 0.1) is 11.6 Å². The lowest BCUT2D eigenvalue weighted by Gasteiger charge is -2.08. The Balaban J connectivity index is 1.99. The van der Waals surface area contributed by atoms with E-state index in [1.807, 2.05) is 18.2 Å². The van der Waals surface area contributed by atoms with Gasteiger partial charge in [-0.1, -0.05) is 17.7 Å². The molecular formula is C14H11ClN2O. The van der Waals surface area contributed by atoms with Crippen LogP contribution in [-0.4, -0.2) is 11.6 Å². The monoisotopic (exact) mass is 258 g/mol. The van der Waals surface area contributed by atoms with Crippen LogP contribution in [0, 0.1) is 11.3 Å². The topological polar surface area (TPSA) is 45.9 Å². The van der Waals surface area contributed by atoms with Crippen molar-refractivity contribution in [2.24, 2.45) is 0 Å². The van der Waals surface area contributed by atoms with Gasteiger partial charge in [0, 0.05) is 18.8 Å². The lowest BCUT2D eigenvalue weighted by atomic mass is 10.2. The molecule has 0 unspecified atom stereocenters. The second kappa shape index (κ2) is 6.04. The molecule has 0 aliphatic heterocycles. The zero-order valence-corrected chi connectivity index (χ0v) is 10.4. The molecule has 3 nitrogen and oxygen atoms in total. The lowest BCUT2D eigenvalue weighted by molar-refractivity contribution is 0.321. The number of hydrogen-bond donors (Lipinski definition) is 0. The molecule has 2 rings (SSSR count). The van der Waals surface area contributed by atoms with Crippen molar-refractivity contribution in [3.63, 3.8) is 0 Å². The van der Waals surface area contributed by atoms with Gasteiger partial charge < -0.3 is 4.74 Å². The number of halogens is 1. The van der Waals surface area contributed by atoms with Crippen LogP contribution in [0.15, 0.2) is 42.7 Å². The molecule has 0 radical (unpaired) electrons. The number of hydrogen-bond acceptors (Lipinski definition) is 3. The number of benzene rings is 1. The van der Waals surface area contributed by atoms with Gasteiger partial charge in [0.1, 0.15) is 17.4 Å². The largest absolute Gasteiger partial charge is 0.492 e. The van der Waals surface area contributed by atoms with Crippen LogP contribution in [0.25, 0.3) is 0 Å². The molecule has 0 saturated carbocycles. The van der Waals surface area contributed by atoms with Gasteiger partial charge in [-0.25, -0.2) is 0 Å². The Bertz CT molecular complexity index is 564. The molecule has 0 spiro atoms. The predicted octanol–water partition coefficient (Wildman–Crippen LogP) is 3.23. The van der Waals surface area contributed by atoms with Crippen LogP contribution in [0.5, 0.6) is 5.75 Å². The third-order valence-corrected chi connectivity index (χ3v) is 2.80. The number of nitriles is 1. The molecule has 90 valence electrons. The molecule has 0 aliphatic rings. The van der Waals surface area contributed by atoms with E-state index in [-0.39, 0.29) is 0 Å². The van der Waals surface area contributed by atoms with Crippen molar-refractivity contribution in [3.8, 4) is 11.8 Å². The Morgan fingerprint density at radius 2 is 2.00 bits per heavy atom. The minimum absolute atomic E-state index is 0.383. The van der Waals surface area contributed by atoms with Crippen LogP contribution in [0.2, 0.25) is 5.02 Å². The fraction of sp³-hybridized carbons (Fsp3) is 0.143. The summed E-state index contributed by atoms with van der Waals surface area (Å²) in [4.78, 5) is 3.95. The van der Waals surface area contributed by atoms with Crippen molar-refractivity contribution in [2.45, 2.75) is 6.42 Å². The molecule has 1 heterocycles. The number of rotatable bonds is 4. The maximum Gasteiger partial charge on any atom is 0.138 e. The van der Waals surface area contributed by atoms with Crippen LogP contribution in [-0.2, 0) is 6.42 Å². The summed E-state index contributed by atoms with van der Waals surface area (Å²) in [6.45, 7) is 0.499. The summed E-state index contributed by atoms with van der Waals surface area (Å²) in [5.74, 6) is 0.527. The van der Waals surface area contributed by atoms with E-state index in [1.165, 1.54) is 0 Å². The Morgan fingerprint density at radius 3 is 2.72 bits per heavy atom. The first-order valence-electron chi connectivity index (χ1n) is 5.51. The van der Waals surface area contributed by atoms with Crippen molar-refractivity contribution < 1.29 is 4.74 Å². The first kappa shape index (κ1) is 12.4. The van der Waals surface area contributed by atoms with Gasteiger partial charge in [-0.15, -0.1) is 0 Å². The summed E-state index contributed by atoms with van der Waals surface area (Å²) < 4.78 is 5.59. The molecule has 0 amide bonds. The van der Waals surface area contributed by atoms with E-state index in [2.05, 4.69) is 4.98 Å². The van der Waals surface area contributed by atoms with Crippen LogP contribution in [0.4, 0.5) is 0 Å². The molecule has 0 bridgehead atoms. The number of ether oxygens (including phenoxy) is 1. The van der Waals surface area contributed by atoms with E-state index in [4.69, 9.17) is 21.6 Å². The SMILES string of the molecule is N#Cc1c(Cl)cccc1OCCc1ccncc1. The van der Waals surface area contributed by atoms with Crippen LogP contribution < -0.4 is 4.74 Å². The van der Waals surface area contributed by atoms with Crippen LogP contribution >= 0.6 is 11.6 Å². The summed E-state index contributed by atoms with van der Waals surface area (Å²) in [7, 11) is 0. The van der Waals surface area contributed by atoms with Gasteiger partial charge in [0.25, 0.3) is 0 Å². The highest BCUT2D eigenvalue weighted by atomic mass is 35.5. The van der Waals surface area contributed by atoms with Gasteiger partial charge in [-0.3, -0.25) is 4.98 Å². The second-order valence-corrected chi connectivity index (χ2v) is 4.09. The van der Waals surface area contributed by atoms with Gasteiger partial charge in [0.15, 0.2) is 0 Å². The minimum atomic E-state index is 0.383. The van der Waals surface area contributed by atoms with Crippen molar-refractivity contribution >= 4 is 11.6 Å². The number of aromatic nitrogens is 1. The predicted molar refractivity (Wildman–Crippen MR) is 69.6 cm³/mol.